The van der Waals surface area contributed by atoms with Crippen molar-refractivity contribution in [3.63, 3.8) is 0 Å². The molecule has 2 aliphatic rings. The predicted molar refractivity (Wildman–Crippen MR) is 98.1 cm³/mol. The van der Waals surface area contributed by atoms with Crippen LogP contribution in [0.1, 0.15) is 38.4 Å². The molecule has 0 spiro atoms. The van der Waals surface area contributed by atoms with Gasteiger partial charge in [-0.2, -0.15) is 10.4 Å². The van der Waals surface area contributed by atoms with E-state index in [1.54, 1.807) is 12.4 Å². The molecule has 0 aromatic carbocycles. The highest BCUT2D eigenvalue weighted by atomic mass is 16.1. The van der Waals surface area contributed by atoms with Gasteiger partial charge < -0.3 is 0 Å². The number of allylic oxidation sites excluding steroid dienone is 2. The predicted octanol–water partition coefficient (Wildman–Crippen LogP) is 3.36. The topological polar surface area (TPSA) is 71.6 Å². The van der Waals surface area contributed by atoms with Gasteiger partial charge in [-0.25, -0.2) is 0 Å². The van der Waals surface area contributed by atoms with Crippen LogP contribution in [0.3, 0.4) is 0 Å². The Morgan fingerprint density at radius 1 is 1.27 bits per heavy atom. The second-order valence-electron chi connectivity index (χ2n) is 8.13. The molecule has 0 saturated carbocycles. The molecular weight excluding hydrogens is 324 g/mol. The lowest BCUT2D eigenvalue weighted by Gasteiger charge is -2.49. The minimum absolute atomic E-state index is 0.0452. The molecular formula is C21H22N4O. The number of nitriles is 1. The Balaban J connectivity index is 1.97. The third-order valence-electron chi connectivity index (χ3n) is 6.28. The Kier molecular flexibility index (Phi) is 3.46. The lowest BCUT2D eigenvalue weighted by atomic mass is 9.52. The first kappa shape index (κ1) is 16.7. The van der Waals surface area contributed by atoms with Crippen molar-refractivity contribution in [1.29, 1.82) is 5.26 Å². The van der Waals surface area contributed by atoms with Gasteiger partial charge in [-0.05, 0) is 30.9 Å². The molecule has 26 heavy (non-hydrogen) atoms. The Labute approximate surface area is 153 Å². The molecule has 0 N–H and O–H groups in total. The van der Waals surface area contributed by atoms with Gasteiger partial charge in [0.25, 0.3) is 0 Å². The number of aryl methyl sites for hydroxylation is 1. The summed E-state index contributed by atoms with van der Waals surface area (Å²) in [5.41, 5.74) is 3.68. The summed E-state index contributed by atoms with van der Waals surface area (Å²) in [7, 11) is 1.96. The van der Waals surface area contributed by atoms with E-state index < -0.39 is 10.8 Å². The SMILES string of the molecule is Cn1nc2c(c1-c1ccncc1)CCC1C(C)(C)C(=O)C(C#N)=CC21C. The molecule has 0 radical (unpaired) electrons. The zero-order valence-electron chi connectivity index (χ0n) is 15.6. The molecule has 2 unspecified atom stereocenters. The smallest absolute Gasteiger partial charge is 0.178 e. The van der Waals surface area contributed by atoms with Crippen LogP contribution >= 0.6 is 0 Å². The normalized spacial score (nSPS) is 26.5. The number of ketones is 1. The lowest BCUT2D eigenvalue weighted by molar-refractivity contribution is -0.128. The lowest BCUT2D eigenvalue weighted by Crippen LogP contribution is -2.51. The Morgan fingerprint density at radius 3 is 2.62 bits per heavy atom. The van der Waals surface area contributed by atoms with Gasteiger partial charge >= 0.3 is 0 Å². The van der Waals surface area contributed by atoms with Gasteiger partial charge in [0, 0.05) is 41.4 Å². The van der Waals surface area contributed by atoms with E-state index in [2.05, 4.69) is 18.0 Å². The first-order chi connectivity index (χ1) is 12.3. The Bertz CT molecular complexity index is 977. The molecule has 4 rings (SSSR count). The molecule has 0 bridgehead atoms. The second kappa shape index (κ2) is 5.38. The Morgan fingerprint density at radius 2 is 1.96 bits per heavy atom. The van der Waals surface area contributed by atoms with Crippen LogP contribution in [0, 0.1) is 22.7 Å². The van der Waals surface area contributed by atoms with Crippen LogP contribution in [-0.4, -0.2) is 20.5 Å². The van der Waals surface area contributed by atoms with Crippen LogP contribution in [0.15, 0.2) is 36.2 Å². The van der Waals surface area contributed by atoms with E-state index in [0.29, 0.717) is 0 Å². The van der Waals surface area contributed by atoms with Gasteiger partial charge in [-0.1, -0.05) is 26.8 Å². The number of fused-ring (bicyclic) bond motifs is 3. The van der Waals surface area contributed by atoms with Crippen LogP contribution in [0.25, 0.3) is 11.3 Å². The number of nitrogens with zero attached hydrogens (tertiary/aromatic N) is 4. The molecule has 2 aromatic heterocycles. The first-order valence-corrected chi connectivity index (χ1v) is 8.95. The Hall–Kier alpha value is -2.74. The average Bonchev–Trinajstić information content (AvgIpc) is 2.96. The summed E-state index contributed by atoms with van der Waals surface area (Å²) >= 11 is 0. The number of aromatic nitrogens is 3. The zero-order valence-corrected chi connectivity index (χ0v) is 15.6. The number of pyridine rings is 1. The van der Waals surface area contributed by atoms with Crippen LogP contribution in [0.5, 0.6) is 0 Å². The number of carbonyl (C=O) groups is 1. The quantitative estimate of drug-likeness (QED) is 0.794. The largest absolute Gasteiger partial charge is 0.293 e. The van der Waals surface area contributed by atoms with Crippen molar-refractivity contribution in [3.8, 4) is 17.3 Å². The maximum absolute atomic E-state index is 12.8. The molecule has 5 heteroatoms. The maximum Gasteiger partial charge on any atom is 0.178 e. The van der Waals surface area contributed by atoms with Gasteiger partial charge in [0.1, 0.15) is 6.07 Å². The molecule has 0 saturated heterocycles. The molecule has 0 fully saturated rings. The zero-order chi connectivity index (χ0) is 18.7. The van der Waals surface area contributed by atoms with Crippen LogP contribution in [-0.2, 0) is 23.7 Å². The summed E-state index contributed by atoms with van der Waals surface area (Å²) in [6, 6.07) is 6.11. The molecule has 2 aromatic rings. The van der Waals surface area contributed by atoms with Crippen molar-refractivity contribution in [3.05, 3.63) is 47.4 Å². The molecule has 5 nitrogen and oxygen atoms in total. The van der Waals surface area contributed by atoms with Crippen LogP contribution in [0.4, 0.5) is 0 Å². The molecule has 0 aliphatic heterocycles. The fourth-order valence-electron chi connectivity index (χ4n) is 5.10. The highest BCUT2D eigenvalue weighted by Crippen LogP contribution is 2.55. The van der Waals surface area contributed by atoms with Gasteiger partial charge in [-0.15, -0.1) is 0 Å². The number of hydrogen-bond donors (Lipinski definition) is 0. The van der Waals surface area contributed by atoms with E-state index >= 15 is 0 Å². The molecule has 2 heterocycles. The number of Topliss-reactive ketones (excluding diaryl/α,β-unsaturated/α-hetero) is 1. The third kappa shape index (κ3) is 2.05. The van der Waals surface area contributed by atoms with Crippen molar-refractivity contribution in [2.24, 2.45) is 18.4 Å². The van der Waals surface area contributed by atoms with Gasteiger partial charge in [0.15, 0.2) is 5.78 Å². The van der Waals surface area contributed by atoms with Crippen LogP contribution < -0.4 is 0 Å². The highest BCUT2D eigenvalue weighted by molar-refractivity contribution is 6.04. The summed E-state index contributed by atoms with van der Waals surface area (Å²) in [4.78, 5) is 16.9. The van der Waals surface area contributed by atoms with E-state index in [1.165, 1.54) is 5.56 Å². The summed E-state index contributed by atoms with van der Waals surface area (Å²) in [5, 5.41) is 14.4. The maximum atomic E-state index is 12.8. The third-order valence-corrected chi connectivity index (χ3v) is 6.28. The minimum atomic E-state index is -0.569. The van der Waals surface area contributed by atoms with E-state index in [4.69, 9.17) is 5.10 Å². The first-order valence-electron chi connectivity index (χ1n) is 8.95. The average molecular weight is 346 g/mol. The fraction of sp³-hybridized carbons (Fsp3) is 0.429. The molecule has 132 valence electrons. The van der Waals surface area contributed by atoms with E-state index in [1.807, 2.05) is 43.8 Å². The molecule has 2 atom stereocenters. The van der Waals surface area contributed by atoms with E-state index in [9.17, 15) is 10.1 Å². The fourth-order valence-corrected chi connectivity index (χ4v) is 5.10. The standard InChI is InChI=1S/C21H22N4O/c1-20(2)16-6-5-15-17(13-7-9-23-10-8-13)25(4)24-18(15)21(16,3)11-14(12-22)19(20)26/h7-11,16H,5-6H2,1-4H3. The van der Waals surface area contributed by atoms with E-state index in [0.717, 1.165) is 29.8 Å². The number of rotatable bonds is 1. The molecule has 0 amide bonds. The highest BCUT2D eigenvalue weighted by Gasteiger charge is 2.55. The van der Waals surface area contributed by atoms with Crippen molar-refractivity contribution >= 4 is 5.78 Å². The van der Waals surface area contributed by atoms with E-state index in [-0.39, 0.29) is 17.3 Å². The summed E-state index contributed by atoms with van der Waals surface area (Å²) in [6.07, 6.45) is 7.23. The van der Waals surface area contributed by atoms with Gasteiger partial charge in [0.2, 0.25) is 0 Å². The number of carbonyl (C=O) groups excluding carboxylic acids is 1. The van der Waals surface area contributed by atoms with Crippen molar-refractivity contribution in [2.45, 2.75) is 39.0 Å². The molecule has 2 aliphatic carbocycles. The van der Waals surface area contributed by atoms with Crippen molar-refractivity contribution in [1.82, 2.24) is 14.8 Å². The van der Waals surface area contributed by atoms with Crippen LogP contribution in [0.2, 0.25) is 0 Å². The van der Waals surface area contributed by atoms with Gasteiger partial charge in [-0.3, -0.25) is 14.5 Å². The monoisotopic (exact) mass is 346 g/mol. The van der Waals surface area contributed by atoms with Gasteiger partial charge in [0.05, 0.1) is 17.0 Å². The second-order valence-corrected chi connectivity index (χ2v) is 8.13. The summed E-state index contributed by atoms with van der Waals surface area (Å²) in [6.45, 7) is 6.07. The number of hydrogen-bond acceptors (Lipinski definition) is 4. The minimum Gasteiger partial charge on any atom is -0.293 e. The summed E-state index contributed by atoms with van der Waals surface area (Å²) in [5.74, 6) is 0.0866. The van der Waals surface area contributed by atoms with Crippen molar-refractivity contribution < 1.29 is 4.79 Å². The van der Waals surface area contributed by atoms with Crippen molar-refractivity contribution in [2.75, 3.05) is 0 Å². The summed E-state index contributed by atoms with van der Waals surface area (Å²) < 4.78 is 1.93.